The molecule has 1 aliphatic rings. The number of rotatable bonds is 5. The van der Waals surface area contributed by atoms with Crippen LogP contribution in [0.1, 0.15) is 52.6 Å². The predicted octanol–water partition coefficient (Wildman–Crippen LogP) is 4.74. The first kappa shape index (κ1) is 22.9. The molecule has 4 heterocycles. The number of thiophene rings is 1. The highest BCUT2D eigenvalue weighted by Gasteiger charge is 2.32. The fourth-order valence-corrected chi connectivity index (χ4v) is 5.53. The molecule has 0 amide bonds. The summed E-state index contributed by atoms with van der Waals surface area (Å²) < 4.78 is 7.28. The Labute approximate surface area is 207 Å². The summed E-state index contributed by atoms with van der Waals surface area (Å²) in [6.07, 6.45) is 0.0910. The zero-order chi connectivity index (χ0) is 24.7. The molecule has 5 rings (SSSR count). The number of aryl methyl sites for hydroxylation is 2. The van der Waals surface area contributed by atoms with Crippen LogP contribution in [0.15, 0.2) is 47.5 Å². The number of carbonyl (C=O) groups is 1. The Morgan fingerprint density at radius 2 is 1.83 bits per heavy atom. The van der Waals surface area contributed by atoms with E-state index in [0.29, 0.717) is 18.2 Å². The van der Waals surface area contributed by atoms with Crippen LogP contribution in [0, 0.1) is 20.8 Å². The van der Waals surface area contributed by atoms with Crippen molar-refractivity contribution in [1.29, 1.82) is 0 Å². The quantitative estimate of drug-likeness (QED) is 0.408. The van der Waals surface area contributed by atoms with Crippen LogP contribution in [-0.2, 0) is 9.53 Å². The molecule has 0 spiro atoms. The van der Waals surface area contributed by atoms with Gasteiger partial charge in [-0.3, -0.25) is 14.4 Å². The van der Waals surface area contributed by atoms with Crippen LogP contribution in [0.5, 0.6) is 0 Å². The average molecular weight is 487 g/mol. The molecule has 0 saturated carbocycles. The van der Waals surface area contributed by atoms with Crippen LogP contribution in [0.3, 0.4) is 0 Å². The Kier molecular flexibility index (Phi) is 5.94. The van der Waals surface area contributed by atoms with Gasteiger partial charge in [-0.15, -0.1) is 21.5 Å². The Hall–Kier alpha value is -3.85. The molecule has 35 heavy (non-hydrogen) atoms. The lowest BCUT2D eigenvalue weighted by molar-refractivity contribution is -0.143. The van der Waals surface area contributed by atoms with E-state index in [1.165, 1.54) is 4.88 Å². The highest BCUT2D eigenvalue weighted by Crippen LogP contribution is 2.39. The Bertz CT molecular complexity index is 1450. The van der Waals surface area contributed by atoms with Crippen LogP contribution in [0.2, 0.25) is 0 Å². The van der Waals surface area contributed by atoms with E-state index in [1.54, 1.807) is 24.3 Å². The smallest absolute Gasteiger partial charge is 0.308 e. The average Bonchev–Trinajstić information content (AvgIpc) is 3.31. The van der Waals surface area contributed by atoms with Gasteiger partial charge in [-0.2, -0.15) is 0 Å². The number of nitrogens with zero attached hydrogens (tertiary/aromatic N) is 5. The molecule has 0 saturated heterocycles. The number of fused-ring (bicyclic) bond motifs is 3. The molecule has 1 aliphatic heterocycles. The minimum atomic E-state index is -0.514. The lowest BCUT2D eigenvalue weighted by Crippen LogP contribution is -2.13. The van der Waals surface area contributed by atoms with Crippen molar-refractivity contribution < 1.29 is 9.53 Å². The molecule has 0 unspecified atom stereocenters. The number of nitrogens with two attached hydrogens (primary N) is 1. The second kappa shape index (κ2) is 9.07. The Morgan fingerprint density at radius 1 is 1.09 bits per heavy atom. The number of nitrogen functional groups attached to an aromatic ring is 1. The first-order valence-electron chi connectivity index (χ1n) is 11.5. The molecule has 2 N–H and O–H groups in total. The fraction of sp³-hybridized carbons (Fsp3) is 0.269. The third kappa shape index (κ3) is 4.12. The fourth-order valence-electron chi connectivity index (χ4n) is 4.31. The van der Waals surface area contributed by atoms with E-state index in [4.69, 9.17) is 15.5 Å². The molecule has 0 bridgehead atoms. The molecule has 3 aromatic heterocycles. The third-order valence-corrected chi connectivity index (χ3v) is 7.32. The summed E-state index contributed by atoms with van der Waals surface area (Å²) in [4.78, 5) is 23.2. The van der Waals surface area contributed by atoms with Gasteiger partial charge < -0.3 is 10.5 Å². The van der Waals surface area contributed by atoms with E-state index in [2.05, 4.69) is 29.0 Å². The zero-order valence-electron chi connectivity index (χ0n) is 20.1. The van der Waals surface area contributed by atoms with Crippen LogP contribution >= 0.6 is 11.3 Å². The van der Waals surface area contributed by atoms with E-state index in [-0.39, 0.29) is 12.4 Å². The van der Waals surface area contributed by atoms with Crippen molar-refractivity contribution in [1.82, 2.24) is 19.7 Å². The Balaban J connectivity index is 1.66. The topological polar surface area (TPSA) is 108 Å². The number of carbonyl (C=O) groups excluding carboxylic acids is 1. The molecule has 8 nitrogen and oxygen atoms in total. The minimum absolute atomic E-state index is 0.0910. The number of aromatic nitrogens is 4. The molecular weight excluding hydrogens is 460 g/mol. The summed E-state index contributed by atoms with van der Waals surface area (Å²) in [6.45, 7) is 8.25. The van der Waals surface area contributed by atoms with E-state index in [0.717, 1.165) is 44.5 Å². The third-order valence-electron chi connectivity index (χ3n) is 6.13. The van der Waals surface area contributed by atoms with Gasteiger partial charge in [0, 0.05) is 21.6 Å². The number of anilines is 1. The van der Waals surface area contributed by atoms with E-state index in [9.17, 15) is 4.79 Å². The molecule has 1 aromatic carbocycles. The van der Waals surface area contributed by atoms with Crippen molar-refractivity contribution in [2.75, 3.05) is 12.3 Å². The molecule has 4 aromatic rings. The van der Waals surface area contributed by atoms with Gasteiger partial charge in [-0.05, 0) is 45.4 Å². The number of esters is 1. The summed E-state index contributed by atoms with van der Waals surface area (Å²) in [5.74, 6) is 1.58. The van der Waals surface area contributed by atoms with Crippen LogP contribution in [0.4, 0.5) is 5.82 Å². The van der Waals surface area contributed by atoms with Gasteiger partial charge in [0.2, 0.25) is 0 Å². The molecule has 1 atom stereocenters. The van der Waals surface area contributed by atoms with E-state index >= 15 is 0 Å². The maximum atomic E-state index is 12.5. The van der Waals surface area contributed by atoms with Gasteiger partial charge >= 0.3 is 5.97 Å². The monoisotopic (exact) mass is 486 g/mol. The highest BCUT2D eigenvalue weighted by atomic mass is 32.1. The van der Waals surface area contributed by atoms with E-state index < -0.39 is 6.04 Å². The summed E-state index contributed by atoms with van der Waals surface area (Å²) in [5, 5.41) is 9.75. The van der Waals surface area contributed by atoms with Crippen LogP contribution in [-0.4, -0.2) is 38.0 Å². The first-order valence-corrected chi connectivity index (χ1v) is 12.3. The van der Waals surface area contributed by atoms with Gasteiger partial charge in [-0.25, -0.2) is 4.98 Å². The lowest BCUT2D eigenvalue weighted by atomic mass is 9.98. The molecule has 0 aliphatic carbocycles. The summed E-state index contributed by atoms with van der Waals surface area (Å²) in [7, 11) is 0. The first-order chi connectivity index (χ1) is 16.9. The molecule has 0 fully saturated rings. The van der Waals surface area contributed by atoms with Crippen molar-refractivity contribution in [2.45, 2.75) is 40.2 Å². The van der Waals surface area contributed by atoms with Crippen molar-refractivity contribution in [3.63, 3.8) is 0 Å². The summed E-state index contributed by atoms with van der Waals surface area (Å²) >= 11 is 1.68. The SMILES string of the molecule is CCOC(=O)C[C@@H]1N=C(c2ccc(-c3cccc(N)n3)cc2)c2c(sc(C)c2C)-n2c(C)nnc21. The number of aliphatic imine (C=N–C) groups is 1. The van der Waals surface area contributed by atoms with Crippen molar-refractivity contribution in [2.24, 2.45) is 4.99 Å². The van der Waals surface area contributed by atoms with Gasteiger partial charge in [0.1, 0.15) is 22.7 Å². The number of pyridine rings is 1. The van der Waals surface area contributed by atoms with Crippen molar-refractivity contribution in [3.05, 3.63) is 75.7 Å². The number of benzene rings is 1. The van der Waals surface area contributed by atoms with Gasteiger partial charge in [0.15, 0.2) is 5.82 Å². The largest absolute Gasteiger partial charge is 0.466 e. The van der Waals surface area contributed by atoms with Gasteiger partial charge in [0.05, 0.1) is 24.4 Å². The summed E-state index contributed by atoms with van der Waals surface area (Å²) in [5.41, 5.74) is 11.6. The summed E-state index contributed by atoms with van der Waals surface area (Å²) in [6, 6.07) is 13.2. The maximum absolute atomic E-state index is 12.5. The number of hydrogen-bond donors (Lipinski definition) is 1. The normalized spacial score (nSPS) is 14.6. The van der Waals surface area contributed by atoms with Gasteiger partial charge in [0.25, 0.3) is 0 Å². The second-order valence-electron chi connectivity index (χ2n) is 8.43. The predicted molar refractivity (Wildman–Crippen MR) is 137 cm³/mol. The molecular formula is C26H26N6O2S. The van der Waals surface area contributed by atoms with E-state index in [1.807, 2.05) is 47.9 Å². The molecule has 178 valence electrons. The minimum Gasteiger partial charge on any atom is -0.466 e. The maximum Gasteiger partial charge on any atom is 0.308 e. The molecule has 9 heteroatoms. The van der Waals surface area contributed by atoms with Crippen LogP contribution < -0.4 is 5.73 Å². The second-order valence-corrected chi connectivity index (χ2v) is 9.64. The number of ether oxygens (including phenoxy) is 1. The highest BCUT2D eigenvalue weighted by molar-refractivity contribution is 7.15. The standard InChI is InChI=1S/C26H26N6O2S/c1-5-34-22(33)13-20-25-31-30-16(4)32(25)26-23(14(2)15(3)35-26)24(29-20)18-11-9-17(10-12-18)19-7-6-8-21(27)28-19/h6-12,20H,5,13H2,1-4H3,(H2,27,28)/t20-/m0/s1. The Morgan fingerprint density at radius 3 is 2.54 bits per heavy atom. The van der Waals surface area contributed by atoms with Gasteiger partial charge in [-0.1, -0.05) is 30.3 Å². The number of hydrogen-bond acceptors (Lipinski definition) is 8. The zero-order valence-corrected chi connectivity index (χ0v) is 20.9. The van der Waals surface area contributed by atoms with Crippen molar-refractivity contribution in [3.8, 4) is 16.3 Å². The van der Waals surface area contributed by atoms with Crippen LogP contribution in [0.25, 0.3) is 16.3 Å². The van der Waals surface area contributed by atoms with Crippen molar-refractivity contribution >= 4 is 28.8 Å². The molecule has 0 radical (unpaired) electrons. The lowest BCUT2D eigenvalue weighted by Gasteiger charge is -2.12.